The van der Waals surface area contributed by atoms with Crippen molar-refractivity contribution in [3.05, 3.63) is 29.8 Å². The van der Waals surface area contributed by atoms with Crippen LogP contribution in [0, 0.1) is 11.3 Å². The third-order valence-corrected chi connectivity index (χ3v) is 2.80. The Morgan fingerprint density at radius 3 is 2.24 bits per heavy atom. The molecule has 1 aromatic carbocycles. The van der Waals surface area contributed by atoms with E-state index in [4.69, 9.17) is 0 Å². The van der Waals surface area contributed by atoms with Gasteiger partial charge in [-0.3, -0.25) is 0 Å². The van der Waals surface area contributed by atoms with Crippen molar-refractivity contribution in [3.63, 3.8) is 0 Å². The summed E-state index contributed by atoms with van der Waals surface area (Å²) in [5.41, 5.74) is 2.43. The molecule has 0 saturated carbocycles. The molecular formula is C15H25NO. The number of hydrogen-bond donors (Lipinski definition) is 2. The van der Waals surface area contributed by atoms with Gasteiger partial charge in [-0.1, -0.05) is 39.8 Å². The van der Waals surface area contributed by atoms with Crippen LogP contribution in [-0.4, -0.2) is 18.3 Å². The maximum atomic E-state index is 9.18. The summed E-state index contributed by atoms with van der Waals surface area (Å²) in [5, 5.41) is 12.5. The standard InChI is InChI=1S/C15H25NO/c1-12(2)9-13-5-7-14(8-6-13)16-10-15(3,4)11-17/h5-8,12,16-17H,9-11H2,1-4H3. The monoisotopic (exact) mass is 235 g/mol. The average molecular weight is 235 g/mol. The Hall–Kier alpha value is -1.02. The molecule has 1 aromatic rings. The molecule has 0 aliphatic carbocycles. The second-order valence-electron chi connectivity index (χ2n) is 5.97. The van der Waals surface area contributed by atoms with E-state index >= 15 is 0 Å². The maximum absolute atomic E-state index is 9.18. The van der Waals surface area contributed by atoms with E-state index in [1.165, 1.54) is 5.56 Å². The number of aliphatic hydroxyl groups excluding tert-OH is 1. The second kappa shape index (κ2) is 6.06. The minimum absolute atomic E-state index is 0.0728. The van der Waals surface area contributed by atoms with Crippen molar-refractivity contribution < 1.29 is 5.11 Å². The maximum Gasteiger partial charge on any atom is 0.0498 e. The first-order valence-corrected chi connectivity index (χ1v) is 6.36. The van der Waals surface area contributed by atoms with Crippen molar-refractivity contribution in [1.82, 2.24) is 0 Å². The summed E-state index contributed by atoms with van der Waals surface area (Å²) in [6, 6.07) is 8.58. The van der Waals surface area contributed by atoms with Gasteiger partial charge in [-0.15, -0.1) is 0 Å². The molecule has 0 fully saturated rings. The average Bonchev–Trinajstić information content (AvgIpc) is 2.28. The van der Waals surface area contributed by atoms with E-state index in [-0.39, 0.29) is 12.0 Å². The van der Waals surface area contributed by atoms with Crippen LogP contribution in [0.3, 0.4) is 0 Å². The lowest BCUT2D eigenvalue weighted by atomic mass is 9.95. The summed E-state index contributed by atoms with van der Waals surface area (Å²) < 4.78 is 0. The van der Waals surface area contributed by atoms with E-state index < -0.39 is 0 Å². The van der Waals surface area contributed by atoms with E-state index in [9.17, 15) is 5.11 Å². The molecule has 2 N–H and O–H groups in total. The van der Waals surface area contributed by atoms with Gasteiger partial charge in [-0.25, -0.2) is 0 Å². The fourth-order valence-corrected chi connectivity index (χ4v) is 1.63. The second-order valence-corrected chi connectivity index (χ2v) is 5.97. The van der Waals surface area contributed by atoms with Gasteiger partial charge < -0.3 is 10.4 Å². The lowest BCUT2D eigenvalue weighted by Gasteiger charge is -2.22. The van der Waals surface area contributed by atoms with Gasteiger partial charge in [0.2, 0.25) is 0 Å². The van der Waals surface area contributed by atoms with Crippen LogP contribution in [0.2, 0.25) is 0 Å². The van der Waals surface area contributed by atoms with Crippen LogP contribution in [0.4, 0.5) is 5.69 Å². The van der Waals surface area contributed by atoms with Crippen molar-refractivity contribution in [2.75, 3.05) is 18.5 Å². The fraction of sp³-hybridized carbons (Fsp3) is 0.600. The summed E-state index contributed by atoms with van der Waals surface area (Å²) in [6.45, 7) is 9.55. The zero-order chi connectivity index (χ0) is 12.9. The fourth-order valence-electron chi connectivity index (χ4n) is 1.63. The van der Waals surface area contributed by atoms with Crippen LogP contribution in [0.15, 0.2) is 24.3 Å². The first-order valence-electron chi connectivity index (χ1n) is 6.36. The molecule has 0 bridgehead atoms. The first kappa shape index (κ1) is 14.0. The van der Waals surface area contributed by atoms with Gasteiger partial charge in [0, 0.05) is 24.3 Å². The molecule has 0 aromatic heterocycles. The van der Waals surface area contributed by atoms with Gasteiger partial charge in [0.25, 0.3) is 0 Å². The smallest absolute Gasteiger partial charge is 0.0498 e. The van der Waals surface area contributed by atoms with Gasteiger partial charge in [-0.05, 0) is 30.0 Å². The van der Waals surface area contributed by atoms with E-state index in [1.54, 1.807) is 0 Å². The minimum Gasteiger partial charge on any atom is -0.396 e. The Morgan fingerprint density at radius 1 is 1.18 bits per heavy atom. The van der Waals surface area contributed by atoms with Crippen LogP contribution >= 0.6 is 0 Å². The molecule has 0 aliphatic heterocycles. The molecule has 0 aliphatic rings. The van der Waals surface area contributed by atoms with Crippen LogP contribution in [0.1, 0.15) is 33.3 Å². The molecule has 0 radical (unpaired) electrons. The molecule has 0 unspecified atom stereocenters. The third kappa shape index (κ3) is 5.22. The number of anilines is 1. The van der Waals surface area contributed by atoms with E-state index in [2.05, 4.69) is 43.4 Å². The Labute approximate surface area is 105 Å². The Balaban J connectivity index is 2.51. The molecule has 0 atom stereocenters. The van der Waals surface area contributed by atoms with E-state index in [0.717, 1.165) is 18.7 Å². The Bertz CT molecular complexity index is 327. The SMILES string of the molecule is CC(C)Cc1ccc(NCC(C)(C)CO)cc1. The normalized spacial score (nSPS) is 11.9. The molecule has 96 valence electrons. The van der Waals surface area contributed by atoms with Gasteiger partial charge >= 0.3 is 0 Å². The van der Waals surface area contributed by atoms with Crippen molar-refractivity contribution in [1.29, 1.82) is 0 Å². The van der Waals surface area contributed by atoms with Gasteiger partial charge in [-0.2, -0.15) is 0 Å². The molecule has 0 spiro atoms. The zero-order valence-electron chi connectivity index (χ0n) is 11.5. The zero-order valence-corrected chi connectivity index (χ0v) is 11.5. The summed E-state index contributed by atoms with van der Waals surface area (Å²) in [6.07, 6.45) is 1.13. The quantitative estimate of drug-likeness (QED) is 0.793. The predicted molar refractivity (Wildman–Crippen MR) is 74.3 cm³/mol. The summed E-state index contributed by atoms with van der Waals surface area (Å²) in [4.78, 5) is 0. The summed E-state index contributed by atoms with van der Waals surface area (Å²) in [7, 11) is 0. The molecule has 2 nitrogen and oxygen atoms in total. The minimum atomic E-state index is -0.0728. The largest absolute Gasteiger partial charge is 0.396 e. The van der Waals surface area contributed by atoms with Crippen molar-refractivity contribution in [2.24, 2.45) is 11.3 Å². The molecular weight excluding hydrogens is 210 g/mol. The number of hydrogen-bond acceptors (Lipinski definition) is 2. The van der Waals surface area contributed by atoms with Crippen molar-refractivity contribution >= 4 is 5.69 Å². The molecule has 0 heterocycles. The molecule has 2 heteroatoms. The molecule has 0 saturated heterocycles. The molecule has 0 amide bonds. The molecule has 17 heavy (non-hydrogen) atoms. The lowest BCUT2D eigenvalue weighted by Crippen LogP contribution is -2.26. The third-order valence-electron chi connectivity index (χ3n) is 2.80. The first-order chi connectivity index (χ1) is 7.93. The highest BCUT2D eigenvalue weighted by Crippen LogP contribution is 2.17. The van der Waals surface area contributed by atoms with Crippen LogP contribution < -0.4 is 5.32 Å². The number of rotatable bonds is 6. The van der Waals surface area contributed by atoms with Gasteiger partial charge in [0.05, 0.1) is 0 Å². The van der Waals surface area contributed by atoms with Gasteiger partial charge in [0.1, 0.15) is 0 Å². The van der Waals surface area contributed by atoms with Crippen LogP contribution in [0.25, 0.3) is 0 Å². The number of benzene rings is 1. The topological polar surface area (TPSA) is 32.3 Å². The van der Waals surface area contributed by atoms with E-state index in [0.29, 0.717) is 5.92 Å². The predicted octanol–water partition coefficient (Wildman–Crippen LogP) is 3.32. The van der Waals surface area contributed by atoms with Crippen molar-refractivity contribution in [2.45, 2.75) is 34.1 Å². The van der Waals surface area contributed by atoms with Crippen molar-refractivity contribution in [3.8, 4) is 0 Å². The highest BCUT2D eigenvalue weighted by Gasteiger charge is 2.15. The summed E-state index contributed by atoms with van der Waals surface area (Å²) in [5.74, 6) is 0.696. The number of aliphatic hydroxyl groups is 1. The lowest BCUT2D eigenvalue weighted by molar-refractivity contribution is 0.171. The highest BCUT2D eigenvalue weighted by atomic mass is 16.3. The van der Waals surface area contributed by atoms with Crippen LogP contribution in [0.5, 0.6) is 0 Å². The van der Waals surface area contributed by atoms with Gasteiger partial charge in [0.15, 0.2) is 0 Å². The Morgan fingerprint density at radius 2 is 1.76 bits per heavy atom. The Kier molecular flexibility index (Phi) is 5.01. The van der Waals surface area contributed by atoms with Crippen LogP contribution in [-0.2, 0) is 6.42 Å². The summed E-state index contributed by atoms with van der Waals surface area (Å²) >= 11 is 0. The highest BCUT2D eigenvalue weighted by molar-refractivity contribution is 5.44. The molecule has 1 rings (SSSR count). The number of nitrogens with one attached hydrogen (secondary N) is 1. The van der Waals surface area contributed by atoms with E-state index in [1.807, 2.05) is 13.8 Å².